The van der Waals surface area contributed by atoms with E-state index in [-0.39, 0.29) is 0 Å². The van der Waals surface area contributed by atoms with Crippen LogP contribution >= 0.6 is 0 Å². The van der Waals surface area contributed by atoms with Gasteiger partial charge in [-0.3, -0.25) is 0 Å². The lowest BCUT2D eigenvalue weighted by atomic mass is 10.3. The highest BCUT2D eigenvalue weighted by Crippen LogP contribution is 2.13. The van der Waals surface area contributed by atoms with Gasteiger partial charge in [-0.25, -0.2) is 14.1 Å². The zero-order valence-electron chi connectivity index (χ0n) is 14.0. The molecule has 136 valence electrons. The fourth-order valence-electron chi connectivity index (χ4n) is 2.61. The number of nitrogens with zero attached hydrogens (tertiary/aromatic N) is 3. The summed E-state index contributed by atoms with van der Waals surface area (Å²) >= 11 is 0. The molecule has 0 amide bonds. The molecule has 8 nitrogen and oxygen atoms in total. The number of ether oxygens (including phenoxy) is 1. The zero-order chi connectivity index (χ0) is 18.1. The number of likely N-dealkylation sites (tertiary alicyclic amines) is 1. The van der Waals surface area contributed by atoms with Crippen LogP contribution in [-0.2, 0) is 9.59 Å². The van der Waals surface area contributed by atoms with Gasteiger partial charge in [0.2, 0.25) is 5.88 Å². The standard InChI is InChI=1S/C15H21N3O.C2H2O4/c1-2-11-18-14(7-1)13-15(16-18)19-12-6-5-10-17-8-3-4-9-17;3-1(4)2(5)6/h1-2,7,11,13H,3-6,8-10,12H2;(H,3,4)(H,5,6). The molecule has 8 heteroatoms. The number of hydrogen-bond donors (Lipinski definition) is 2. The van der Waals surface area contributed by atoms with E-state index in [0.717, 1.165) is 24.4 Å². The minimum absolute atomic E-state index is 0.729. The summed E-state index contributed by atoms with van der Waals surface area (Å²) < 4.78 is 7.55. The van der Waals surface area contributed by atoms with Gasteiger partial charge in [0.25, 0.3) is 0 Å². The number of hydrogen-bond acceptors (Lipinski definition) is 5. The van der Waals surface area contributed by atoms with Gasteiger partial charge >= 0.3 is 11.9 Å². The quantitative estimate of drug-likeness (QED) is 0.604. The van der Waals surface area contributed by atoms with Crippen LogP contribution in [0.1, 0.15) is 25.7 Å². The van der Waals surface area contributed by atoms with Crippen LogP contribution in [-0.4, -0.2) is 62.9 Å². The first kappa shape index (κ1) is 18.7. The molecular formula is C17H23N3O5. The highest BCUT2D eigenvalue weighted by atomic mass is 16.5. The van der Waals surface area contributed by atoms with Gasteiger partial charge in [-0.1, -0.05) is 6.07 Å². The average molecular weight is 349 g/mol. The molecule has 0 aliphatic carbocycles. The molecule has 3 rings (SSSR count). The van der Waals surface area contributed by atoms with Crippen LogP contribution in [0.25, 0.3) is 5.52 Å². The molecule has 2 aromatic rings. The van der Waals surface area contributed by atoms with E-state index in [1.807, 2.05) is 35.0 Å². The van der Waals surface area contributed by atoms with Gasteiger partial charge < -0.3 is 19.8 Å². The van der Waals surface area contributed by atoms with Gasteiger partial charge in [-0.15, -0.1) is 5.10 Å². The second-order valence-electron chi connectivity index (χ2n) is 5.77. The molecule has 0 unspecified atom stereocenters. The van der Waals surface area contributed by atoms with E-state index in [2.05, 4.69) is 10.00 Å². The fourth-order valence-corrected chi connectivity index (χ4v) is 2.61. The Kier molecular flexibility index (Phi) is 7.21. The maximum Gasteiger partial charge on any atom is 0.414 e. The van der Waals surface area contributed by atoms with Crippen molar-refractivity contribution in [3.05, 3.63) is 30.5 Å². The first-order chi connectivity index (χ1) is 12.1. The summed E-state index contributed by atoms with van der Waals surface area (Å²) in [5.74, 6) is -2.92. The summed E-state index contributed by atoms with van der Waals surface area (Å²) in [7, 11) is 0. The van der Waals surface area contributed by atoms with E-state index < -0.39 is 11.9 Å². The third-order valence-corrected chi connectivity index (χ3v) is 3.85. The highest BCUT2D eigenvalue weighted by Gasteiger charge is 2.10. The Hall–Kier alpha value is -2.61. The third-order valence-electron chi connectivity index (χ3n) is 3.85. The van der Waals surface area contributed by atoms with Crippen LogP contribution in [0.4, 0.5) is 0 Å². The predicted octanol–water partition coefficient (Wildman–Crippen LogP) is 1.74. The van der Waals surface area contributed by atoms with Crippen LogP contribution < -0.4 is 4.74 Å². The van der Waals surface area contributed by atoms with Gasteiger partial charge in [0.05, 0.1) is 12.1 Å². The zero-order valence-corrected chi connectivity index (χ0v) is 14.0. The van der Waals surface area contributed by atoms with Crippen LogP contribution in [0.5, 0.6) is 5.88 Å². The average Bonchev–Trinajstić information content (AvgIpc) is 3.23. The Morgan fingerprint density at radius 3 is 2.48 bits per heavy atom. The van der Waals surface area contributed by atoms with Gasteiger partial charge in [-0.2, -0.15) is 0 Å². The summed E-state index contributed by atoms with van der Waals surface area (Å²) in [6, 6.07) is 8.00. The van der Waals surface area contributed by atoms with Crippen molar-refractivity contribution in [3.63, 3.8) is 0 Å². The summed E-state index contributed by atoms with van der Waals surface area (Å²) in [6.07, 6.45) is 7.00. The molecule has 0 radical (unpaired) electrons. The molecule has 2 aromatic heterocycles. The summed E-state index contributed by atoms with van der Waals surface area (Å²) in [4.78, 5) is 20.7. The maximum atomic E-state index is 9.10. The smallest absolute Gasteiger partial charge is 0.414 e. The number of aliphatic carboxylic acids is 2. The normalized spacial score (nSPS) is 14.1. The number of unbranched alkanes of at least 4 members (excludes halogenated alkanes) is 1. The Morgan fingerprint density at radius 2 is 1.84 bits per heavy atom. The van der Waals surface area contributed by atoms with Crippen LogP contribution in [0, 0.1) is 0 Å². The number of fused-ring (bicyclic) bond motifs is 1. The number of carboxylic acids is 2. The first-order valence-electron chi connectivity index (χ1n) is 8.32. The lowest BCUT2D eigenvalue weighted by Crippen LogP contribution is -2.20. The number of carboxylic acid groups (broad SMARTS) is 2. The number of aromatic nitrogens is 2. The van der Waals surface area contributed by atoms with E-state index in [1.165, 1.54) is 38.9 Å². The SMILES string of the molecule is O=C(O)C(=O)O.c1ccn2nc(OCCCCN3CCCC3)cc2c1. The molecule has 0 bridgehead atoms. The molecule has 0 aromatic carbocycles. The van der Waals surface area contributed by atoms with Crippen LogP contribution in [0.2, 0.25) is 0 Å². The topological polar surface area (TPSA) is 104 Å². The Balaban J connectivity index is 0.000000326. The maximum absolute atomic E-state index is 9.10. The lowest BCUT2D eigenvalue weighted by Gasteiger charge is -2.13. The minimum atomic E-state index is -1.82. The molecule has 1 aliphatic rings. The van der Waals surface area contributed by atoms with Gasteiger partial charge in [0.15, 0.2) is 0 Å². The van der Waals surface area contributed by atoms with Crippen molar-refractivity contribution in [1.29, 1.82) is 0 Å². The molecule has 0 saturated carbocycles. The fraction of sp³-hybridized carbons (Fsp3) is 0.471. The second kappa shape index (κ2) is 9.63. The van der Waals surface area contributed by atoms with Gasteiger partial charge in [0.1, 0.15) is 0 Å². The molecule has 0 atom stereocenters. The molecular weight excluding hydrogens is 326 g/mol. The molecule has 2 N–H and O–H groups in total. The summed E-state index contributed by atoms with van der Waals surface area (Å²) in [6.45, 7) is 4.55. The molecule has 0 spiro atoms. The minimum Gasteiger partial charge on any atom is -0.477 e. The molecule has 1 saturated heterocycles. The van der Waals surface area contributed by atoms with E-state index in [1.54, 1.807) is 0 Å². The van der Waals surface area contributed by atoms with E-state index in [4.69, 9.17) is 24.5 Å². The second-order valence-corrected chi connectivity index (χ2v) is 5.77. The molecule has 3 heterocycles. The van der Waals surface area contributed by atoms with Crippen molar-refractivity contribution in [3.8, 4) is 5.88 Å². The Morgan fingerprint density at radius 1 is 1.12 bits per heavy atom. The molecule has 1 fully saturated rings. The first-order valence-corrected chi connectivity index (χ1v) is 8.32. The van der Waals surface area contributed by atoms with Crippen molar-refractivity contribution < 1.29 is 24.5 Å². The highest BCUT2D eigenvalue weighted by molar-refractivity contribution is 6.27. The van der Waals surface area contributed by atoms with Crippen molar-refractivity contribution in [2.24, 2.45) is 0 Å². The third kappa shape index (κ3) is 6.42. The Labute approximate surface area is 145 Å². The molecule has 1 aliphatic heterocycles. The van der Waals surface area contributed by atoms with Crippen molar-refractivity contribution in [2.75, 3.05) is 26.2 Å². The summed E-state index contributed by atoms with van der Waals surface area (Å²) in [5, 5.41) is 19.2. The van der Waals surface area contributed by atoms with E-state index in [0.29, 0.717) is 0 Å². The Bertz CT molecular complexity index is 649. The van der Waals surface area contributed by atoms with E-state index >= 15 is 0 Å². The summed E-state index contributed by atoms with van der Waals surface area (Å²) in [5.41, 5.74) is 1.08. The van der Waals surface area contributed by atoms with Crippen molar-refractivity contribution >= 4 is 17.5 Å². The van der Waals surface area contributed by atoms with Gasteiger partial charge in [0, 0.05) is 12.3 Å². The monoisotopic (exact) mass is 349 g/mol. The largest absolute Gasteiger partial charge is 0.477 e. The number of pyridine rings is 1. The van der Waals surface area contributed by atoms with E-state index in [9.17, 15) is 0 Å². The van der Waals surface area contributed by atoms with Crippen LogP contribution in [0.3, 0.4) is 0 Å². The van der Waals surface area contributed by atoms with Crippen LogP contribution in [0.15, 0.2) is 30.5 Å². The number of carbonyl (C=O) groups is 2. The van der Waals surface area contributed by atoms with Crippen molar-refractivity contribution in [2.45, 2.75) is 25.7 Å². The van der Waals surface area contributed by atoms with Crippen molar-refractivity contribution in [1.82, 2.24) is 14.5 Å². The molecule has 25 heavy (non-hydrogen) atoms. The number of rotatable bonds is 6. The lowest BCUT2D eigenvalue weighted by molar-refractivity contribution is -0.159. The predicted molar refractivity (Wildman–Crippen MR) is 90.9 cm³/mol. The van der Waals surface area contributed by atoms with Gasteiger partial charge in [-0.05, 0) is 57.5 Å².